The molecule has 1 aliphatic carbocycles. The molecule has 1 saturated carbocycles. The van der Waals surface area contributed by atoms with E-state index in [1.807, 2.05) is 0 Å². The van der Waals surface area contributed by atoms with Gasteiger partial charge in [-0.2, -0.15) is 0 Å². The number of nitrogens with two attached hydrogens (primary N) is 1. The first-order chi connectivity index (χ1) is 7.76. The molecule has 3 N–H and O–H groups in total. The summed E-state index contributed by atoms with van der Waals surface area (Å²) in [7, 11) is 0. The van der Waals surface area contributed by atoms with Crippen LogP contribution < -0.4 is 5.73 Å². The Labute approximate surface area is 99.0 Å². The minimum atomic E-state index is 0.147. The largest absolute Gasteiger partial charge is 0.395 e. The quantitative estimate of drug-likeness (QED) is 0.741. The lowest BCUT2D eigenvalue weighted by molar-refractivity contribution is 0.115. The van der Waals surface area contributed by atoms with Gasteiger partial charge >= 0.3 is 0 Å². The minimum Gasteiger partial charge on any atom is -0.395 e. The highest BCUT2D eigenvalue weighted by atomic mass is 16.3. The van der Waals surface area contributed by atoms with Crippen LogP contribution in [0.15, 0.2) is 0 Å². The lowest BCUT2D eigenvalue weighted by Gasteiger charge is -2.31. The third-order valence-corrected chi connectivity index (χ3v) is 4.53. The zero-order valence-corrected chi connectivity index (χ0v) is 10.4. The van der Waals surface area contributed by atoms with E-state index in [1.54, 1.807) is 0 Å². The van der Waals surface area contributed by atoms with Gasteiger partial charge in [-0.05, 0) is 31.1 Å². The number of nitrogens with zero attached hydrogens (tertiary/aromatic N) is 1. The Balaban J connectivity index is 1.90. The molecule has 1 heterocycles. The van der Waals surface area contributed by atoms with Gasteiger partial charge < -0.3 is 10.8 Å². The molecule has 3 heteroatoms. The Kier molecular flexibility index (Phi) is 4.22. The number of hydrogen-bond acceptors (Lipinski definition) is 3. The molecule has 0 spiro atoms. The smallest absolute Gasteiger partial charge is 0.0601 e. The molecule has 1 saturated heterocycles. The number of hydrogen-bond donors (Lipinski definition) is 2. The van der Waals surface area contributed by atoms with Crippen molar-refractivity contribution in [2.24, 2.45) is 17.6 Å². The zero-order valence-electron chi connectivity index (χ0n) is 10.4. The first-order valence-corrected chi connectivity index (χ1v) is 6.86. The van der Waals surface area contributed by atoms with Crippen molar-refractivity contribution >= 4 is 0 Å². The molecular weight excluding hydrogens is 200 g/mol. The van der Waals surface area contributed by atoms with Gasteiger partial charge in [0.05, 0.1) is 6.61 Å². The molecule has 2 rings (SSSR count). The molecule has 2 aliphatic rings. The molecule has 4 unspecified atom stereocenters. The van der Waals surface area contributed by atoms with Crippen LogP contribution >= 0.6 is 0 Å². The summed E-state index contributed by atoms with van der Waals surface area (Å²) >= 11 is 0. The molecule has 94 valence electrons. The van der Waals surface area contributed by atoms with Crippen molar-refractivity contribution in [3.05, 3.63) is 0 Å². The van der Waals surface area contributed by atoms with Crippen molar-refractivity contribution in [3.63, 3.8) is 0 Å². The SMILES string of the molecule is CCCC(N)C(CO)N1CC2CCCC2C1. The first-order valence-electron chi connectivity index (χ1n) is 6.86. The average Bonchev–Trinajstić information content (AvgIpc) is 2.79. The van der Waals surface area contributed by atoms with Crippen LogP contribution in [0.1, 0.15) is 39.0 Å². The van der Waals surface area contributed by atoms with Gasteiger partial charge in [0.25, 0.3) is 0 Å². The second kappa shape index (κ2) is 5.48. The predicted octanol–water partition coefficient (Wildman–Crippen LogP) is 1.21. The van der Waals surface area contributed by atoms with Gasteiger partial charge in [0.15, 0.2) is 0 Å². The maximum absolute atomic E-state index is 9.53. The van der Waals surface area contributed by atoms with E-state index in [-0.39, 0.29) is 18.7 Å². The number of aliphatic hydroxyl groups excluding tert-OH is 1. The fourth-order valence-electron chi connectivity index (χ4n) is 3.59. The highest BCUT2D eigenvalue weighted by Crippen LogP contribution is 2.38. The van der Waals surface area contributed by atoms with E-state index >= 15 is 0 Å². The van der Waals surface area contributed by atoms with E-state index in [4.69, 9.17) is 5.73 Å². The minimum absolute atomic E-state index is 0.147. The van der Waals surface area contributed by atoms with Crippen molar-refractivity contribution in [3.8, 4) is 0 Å². The molecule has 2 fully saturated rings. The van der Waals surface area contributed by atoms with Gasteiger partial charge in [-0.15, -0.1) is 0 Å². The fourth-order valence-corrected chi connectivity index (χ4v) is 3.59. The molecule has 1 aliphatic heterocycles. The van der Waals surface area contributed by atoms with Crippen LogP contribution in [-0.2, 0) is 0 Å². The molecule has 16 heavy (non-hydrogen) atoms. The van der Waals surface area contributed by atoms with Crippen LogP contribution in [0.2, 0.25) is 0 Å². The van der Waals surface area contributed by atoms with E-state index < -0.39 is 0 Å². The summed E-state index contributed by atoms with van der Waals surface area (Å²) in [5.74, 6) is 1.78. The summed E-state index contributed by atoms with van der Waals surface area (Å²) in [4.78, 5) is 2.45. The summed E-state index contributed by atoms with van der Waals surface area (Å²) < 4.78 is 0. The van der Waals surface area contributed by atoms with Gasteiger partial charge in [0.1, 0.15) is 0 Å². The van der Waals surface area contributed by atoms with Gasteiger partial charge in [-0.25, -0.2) is 0 Å². The number of rotatable bonds is 5. The summed E-state index contributed by atoms with van der Waals surface area (Å²) in [6.07, 6.45) is 6.33. The molecule has 3 nitrogen and oxygen atoms in total. The average molecular weight is 226 g/mol. The Morgan fingerprint density at radius 1 is 1.31 bits per heavy atom. The summed E-state index contributed by atoms with van der Waals surface area (Å²) in [5, 5.41) is 9.53. The lowest BCUT2D eigenvalue weighted by atomic mass is 10.0. The fraction of sp³-hybridized carbons (Fsp3) is 1.00. The van der Waals surface area contributed by atoms with Crippen molar-refractivity contribution in [1.29, 1.82) is 0 Å². The number of aliphatic hydroxyl groups is 1. The lowest BCUT2D eigenvalue weighted by Crippen LogP contribution is -2.49. The van der Waals surface area contributed by atoms with Crippen molar-refractivity contribution in [2.75, 3.05) is 19.7 Å². The second-order valence-corrected chi connectivity index (χ2v) is 5.61. The standard InChI is InChI=1S/C13H26N2O/c1-2-4-12(14)13(9-16)15-7-10-5-3-6-11(10)8-15/h10-13,16H,2-9,14H2,1H3. The van der Waals surface area contributed by atoms with Crippen LogP contribution in [0, 0.1) is 11.8 Å². The maximum atomic E-state index is 9.53. The van der Waals surface area contributed by atoms with Crippen LogP contribution in [0.25, 0.3) is 0 Å². The van der Waals surface area contributed by atoms with Crippen LogP contribution in [-0.4, -0.2) is 41.8 Å². The molecule has 4 atom stereocenters. The van der Waals surface area contributed by atoms with E-state index in [0.29, 0.717) is 0 Å². The summed E-state index contributed by atoms with van der Waals surface area (Å²) in [6, 6.07) is 0.347. The molecule has 0 bridgehead atoms. The van der Waals surface area contributed by atoms with E-state index in [0.717, 1.165) is 24.7 Å². The molecule has 0 aromatic rings. The topological polar surface area (TPSA) is 49.5 Å². The molecule has 0 aromatic carbocycles. The third-order valence-electron chi connectivity index (χ3n) is 4.53. The van der Waals surface area contributed by atoms with Gasteiger partial charge in [0, 0.05) is 25.2 Å². The number of likely N-dealkylation sites (tertiary alicyclic amines) is 1. The highest BCUT2D eigenvalue weighted by molar-refractivity contribution is 4.93. The normalized spacial score (nSPS) is 33.9. The Morgan fingerprint density at radius 2 is 1.94 bits per heavy atom. The van der Waals surface area contributed by atoms with Crippen molar-refractivity contribution in [1.82, 2.24) is 4.90 Å². The molecular formula is C13H26N2O. The van der Waals surface area contributed by atoms with Crippen LogP contribution in [0.4, 0.5) is 0 Å². The Morgan fingerprint density at radius 3 is 2.44 bits per heavy atom. The molecule has 0 amide bonds. The van der Waals surface area contributed by atoms with Crippen molar-refractivity contribution in [2.45, 2.75) is 51.1 Å². The van der Waals surface area contributed by atoms with Gasteiger partial charge in [0.2, 0.25) is 0 Å². The second-order valence-electron chi connectivity index (χ2n) is 5.61. The van der Waals surface area contributed by atoms with Gasteiger partial charge in [-0.1, -0.05) is 19.8 Å². The Bertz CT molecular complexity index is 210. The maximum Gasteiger partial charge on any atom is 0.0601 e. The molecule has 0 aromatic heterocycles. The zero-order chi connectivity index (χ0) is 11.5. The van der Waals surface area contributed by atoms with Gasteiger partial charge in [-0.3, -0.25) is 4.90 Å². The summed E-state index contributed by atoms with van der Waals surface area (Å²) in [6.45, 7) is 4.73. The summed E-state index contributed by atoms with van der Waals surface area (Å²) in [5.41, 5.74) is 6.17. The van der Waals surface area contributed by atoms with Crippen LogP contribution in [0.5, 0.6) is 0 Å². The molecule has 0 radical (unpaired) electrons. The highest BCUT2D eigenvalue weighted by Gasteiger charge is 2.39. The predicted molar refractivity (Wildman–Crippen MR) is 66.2 cm³/mol. The van der Waals surface area contributed by atoms with Crippen molar-refractivity contribution < 1.29 is 5.11 Å². The van der Waals surface area contributed by atoms with E-state index in [2.05, 4.69) is 11.8 Å². The first kappa shape index (κ1) is 12.3. The van der Waals surface area contributed by atoms with E-state index in [9.17, 15) is 5.11 Å². The van der Waals surface area contributed by atoms with E-state index in [1.165, 1.54) is 32.4 Å². The monoisotopic (exact) mass is 226 g/mol. The Hall–Kier alpha value is -0.120. The number of fused-ring (bicyclic) bond motifs is 1. The third kappa shape index (κ3) is 2.41. The van der Waals surface area contributed by atoms with Crippen LogP contribution in [0.3, 0.4) is 0 Å².